The van der Waals surface area contributed by atoms with Crippen molar-refractivity contribution in [3.8, 4) is 5.75 Å². The number of rotatable bonds is 0. The topological polar surface area (TPSA) is 39.1 Å². The summed E-state index contributed by atoms with van der Waals surface area (Å²) in [6.45, 7) is 2.79. The molecule has 1 aromatic heterocycles. The van der Waals surface area contributed by atoms with Crippen LogP contribution in [0.1, 0.15) is 6.92 Å². The Morgan fingerprint density at radius 2 is 2.64 bits per heavy atom. The third-order valence-corrected chi connectivity index (χ3v) is 1.67. The molecule has 1 atom stereocenters. The van der Waals surface area contributed by atoms with Crippen molar-refractivity contribution in [2.45, 2.75) is 13.0 Å². The molecule has 4 nitrogen and oxygen atoms in total. The molecule has 1 aliphatic heterocycles. The fraction of sp³-hybridized carbons (Fsp3) is 0.571. The molecule has 1 aromatic rings. The number of ether oxygens (including phenoxy) is 1. The fourth-order valence-corrected chi connectivity index (χ4v) is 1.16. The van der Waals surface area contributed by atoms with Gasteiger partial charge in [0.15, 0.2) is 11.6 Å². The van der Waals surface area contributed by atoms with Gasteiger partial charge in [-0.15, -0.1) is 0 Å². The zero-order chi connectivity index (χ0) is 7.84. The van der Waals surface area contributed by atoms with Gasteiger partial charge in [-0.3, -0.25) is 4.68 Å². The largest absolute Gasteiger partial charge is 0.486 e. The molecule has 0 saturated carbocycles. The van der Waals surface area contributed by atoms with E-state index in [9.17, 15) is 0 Å². The first-order valence-corrected chi connectivity index (χ1v) is 3.68. The summed E-state index contributed by atoms with van der Waals surface area (Å²) >= 11 is 0. The van der Waals surface area contributed by atoms with Crippen molar-refractivity contribution in [2.24, 2.45) is 7.05 Å². The van der Waals surface area contributed by atoms with Crippen molar-refractivity contribution in [3.63, 3.8) is 0 Å². The normalized spacial score (nSPS) is 21.8. The molecule has 0 aliphatic carbocycles. The molecule has 0 radical (unpaired) electrons. The molecule has 0 saturated heterocycles. The Hall–Kier alpha value is -1.19. The van der Waals surface area contributed by atoms with E-state index in [4.69, 9.17) is 4.74 Å². The van der Waals surface area contributed by atoms with Crippen LogP contribution in [0.15, 0.2) is 6.20 Å². The fourth-order valence-electron chi connectivity index (χ4n) is 1.16. The van der Waals surface area contributed by atoms with Crippen molar-refractivity contribution < 1.29 is 4.74 Å². The summed E-state index contributed by atoms with van der Waals surface area (Å²) in [4.78, 5) is 0. The molecular formula is C7H11N3O. The Labute approximate surface area is 65.2 Å². The Morgan fingerprint density at radius 3 is 3.45 bits per heavy atom. The molecule has 0 fully saturated rings. The number of anilines is 1. The predicted molar refractivity (Wildman–Crippen MR) is 41.8 cm³/mol. The molecule has 1 N–H and O–H groups in total. The van der Waals surface area contributed by atoms with Gasteiger partial charge in [-0.2, -0.15) is 5.10 Å². The Morgan fingerprint density at radius 1 is 1.82 bits per heavy atom. The first-order chi connectivity index (χ1) is 5.25. The Balaban J connectivity index is 2.34. The third kappa shape index (κ3) is 1.04. The number of hydrogen-bond donors (Lipinski definition) is 1. The molecule has 60 valence electrons. The summed E-state index contributed by atoms with van der Waals surface area (Å²) in [5.74, 6) is 1.71. The Kier molecular flexibility index (Phi) is 1.27. The van der Waals surface area contributed by atoms with E-state index >= 15 is 0 Å². The van der Waals surface area contributed by atoms with Crippen LogP contribution in [0.25, 0.3) is 0 Å². The van der Waals surface area contributed by atoms with Crippen molar-refractivity contribution in [1.29, 1.82) is 0 Å². The van der Waals surface area contributed by atoms with Crippen LogP contribution < -0.4 is 10.1 Å². The number of aryl methyl sites for hydroxylation is 1. The molecule has 4 heteroatoms. The van der Waals surface area contributed by atoms with Gasteiger partial charge in [0.25, 0.3) is 0 Å². The zero-order valence-corrected chi connectivity index (χ0v) is 6.66. The molecular weight excluding hydrogens is 142 g/mol. The molecule has 0 aromatic carbocycles. The minimum atomic E-state index is 0.359. The lowest BCUT2D eigenvalue weighted by molar-refractivity contribution is 0.291. The molecule has 1 aliphatic rings. The maximum Gasteiger partial charge on any atom is 0.190 e. The van der Waals surface area contributed by atoms with Gasteiger partial charge in [-0.05, 0) is 6.92 Å². The molecule has 0 spiro atoms. The summed E-state index contributed by atoms with van der Waals surface area (Å²) < 4.78 is 7.16. The van der Waals surface area contributed by atoms with Crippen LogP contribution in [0.4, 0.5) is 5.82 Å². The molecule has 0 amide bonds. The van der Waals surface area contributed by atoms with E-state index in [-0.39, 0.29) is 0 Å². The van der Waals surface area contributed by atoms with Gasteiger partial charge in [0.2, 0.25) is 0 Å². The lowest BCUT2D eigenvalue weighted by atomic mass is 10.3. The van der Waals surface area contributed by atoms with Crippen LogP contribution in [-0.4, -0.2) is 22.4 Å². The maximum absolute atomic E-state index is 5.41. The van der Waals surface area contributed by atoms with Crippen LogP contribution in [0.2, 0.25) is 0 Å². The number of fused-ring (bicyclic) bond motifs is 1. The highest BCUT2D eigenvalue weighted by Crippen LogP contribution is 2.25. The molecule has 2 rings (SSSR count). The van der Waals surface area contributed by atoms with E-state index in [2.05, 4.69) is 17.3 Å². The summed E-state index contributed by atoms with van der Waals surface area (Å²) in [6.07, 6.45) is 1.87. The van der Waals surface area contributed by atoms with E-state index in [1.54, 1.807) is 4.68 Å². The van der Waals surface area contributed by atoms with Crippen molar-refractivity contribution >= 4 is 5.82 Å². The Bertz CT molecular complexity index is 269. The lowest BCUT2D eigenvalue weighted by Crippen LogP contribution is -2.27. The van der Waals surface area contributed by atoms with Crippen LogP contribution >= 0.6 is 0 Å². The van der Waals surface area contributed by atoms with Gasteiger partial charge in [-0.25, -0.2) is 0 Å². The summed E-state index contributed by atoms with van der Waals surface area (Å²) in [7, 11) is 1.88. The average Bonchev–Trinajstić information content (AvgIpc) is 2.27. The maximum atomic E-state index is 5.41. The molecule has 11 heavy (non-hydrogen) atoms. The van der Waals surface area contributed by atoms with Gasteiger partial charge >= 0.3 is 0 Å². The van der Waals surface area contributed by atoms with Crippen LogP contribution in [0, 0.1) is 0 Å². The highest BCUT2D eigenvalue weighted by molar-refractivity contribution is 5.50. The van der Waals surface area contributed by atoms with Gasteiger partial charge in [0, 0.05) is 7.05 Å². The number of hydrogen-bond acceptors (Lipinski definition) is 3. The summed E-state index contributed by atoms with van der Waals surface area (Å²) in [6, 6.07) is 0.359. The smallest absolute Gasteiger partial charge is 0.190 e. The van der Waals surface area contributed by atoms with Crippen LogP contribution in [0.3, 0.4) is 0 Å². The van der Waals surface area contributed by atoms with Crippen molar-refractivity contribution in [2.75, 3.05) is 11.9 Å². The molecule has 2 heterocycles. The second kappa shape index (κ2) is 2.15. The SMILES string of the molecule is CC1COc2cn(C)nc2N1. The van der Waals surface area contributed by atoms with Gasteiger partial charge < -0.3 is 10.1 Å². The first-order valence-electron chi connectivity index (χ1n) is 3.68. The minimum absolute atomic E-state index is 0.359. The van der Waals surface area contributed by atoms with Gasteiger partial charge in [-0.1, -0.05) is 0 Å². The second-order valence-electron chi connectivity index (χ2n) is 2.87. The number of nitrogens with one attached hydrogen (secondary N) is 1. The molecule has 0 bridgehead atoms. The highest BCUT2D eigenvalue weighted by Gasteiger charge is 2.17. The van der Waals surface area contributed by atoms with E-state index in [0.29, 0.717) is 6.04 Å². The molecule has 1 unspecified atom stereocenters. The quantitative estimate of drug-likeness (QED) is 0.593. The first kappa shape index (κ1) is 6.52. The van der Waals surface area contributed by atoms with E-state index < -0.39 is 0 Å². The van der Waals surface area contributed by atoms with Crippen molar-refractivity contribution in [3.05, 3.63) is 6.20 Å². The zero-order valence-electron chi connectivity index (χ0n) is 6.66. The van der Waals surface area contributed by atoms with Gasteiger partial charge in [0.1, 0.15) is 6.61 Å². The van der Waals surface area contributed by atoms with Crippen molar-refractivity contribution in [1.82, 2.24) is 9.78 Å². The lowest BCUT2D eigenvalue weighted by Gasteiger charge is -2.19. The minimum Gasteiger partial charge on any atom is -0.486 e. The second-order valence-corrected chi connectivity index (χ2v) is 2.87. The van der Waals surface area contributed by atoms with E-state index in [1.807, 2.05) is 13.2 Å². The average molecular weight is 153 g/mol. The summed E-state index contributed by atoms with van der Waals surface area (Å²) in [5, 5.41) is 7.41. The predicted octanol–water partition coefficient (Wildman–Crippen LogP) is 0.613. The third-order valence-electron chi connectivity index (χ3n) is 1.67. The standard InChI is InChI=1S/C7H11N3O/c1-5-4-11-6-3-10(2)9-7(6)8-5/h3,5H,4H2,1-2H3,(H,8,9). The van der Waals surface area contributed by atoms with Gasteiger partial charge in [0.05, 0.1) is 12.2 Å². The van der Waals surface area contributed by atoms with E-state index in [0.717, 1.165) is 18.2 Å². The summed E-state index contributed by atoms with van der Waals surface area (Å²) in [5.41, 5.74) is 0. The monoisotopic (exact) mass is 153 g/mol. The number of aromatic nitrogens is 2. The highest BCUT2D eigenvalue weighted by atomic mass is 16.5. The number of nitrogens with zero attached hydrogens (tertiary/aromatic N) is 2. The van der Waals surface area contributed by atoms with Crippen LogP contribution in [0.5, 0.6) is 5.75 Å². The van der Waals surface area contributed by atoms with E-state index in [1.165, 1.54) is 0 Å². The van der Waals surface area contributed by atoms with Crippen LogP contribution in [-0.2, 0) is 7.05 Å².